The van der Waals surface area contributed by atoms with Crippen LogP contribution in [0.15, 0.2) is 42.5 Å². The molecule has 0 aliphatic carbocycles. The molecule has 0 amide bonds. The van der Waals surface area contributed by atoms with Crippen LogP contribution in [-0.2, 0) is 10.0 Å². The van der Waals surface area contributed by atoms with Gasteiger partial charge in [-0.15, -0.1) is 0 Å². The van der Waals surface area contributed by atoms with E-state index in [0.29, 0.717) is 0 Å². The molecule has 2 rings (SSSR count). The molecule has 0 spiro atoms. The number of benzene rings is 2. The van der Waals surface area contributed by atoms with E-state index < -0.39 is 10.0 Å². The van der Waals surface area contributed by atoms with Crippen molar-refractivity contribution >= 4 is 20.8 Å². The Morgan fingerprint density at radius 3 is 2.50 bits per heavy atom. The number of sulfonamides is 1. The van der Waals surface area contributed by atoms with Gasteiger partial charge < -0.3 is 0 Å². The summed E-state index contributed by atoms with van der Waals surface area (Å²) in [5.74, 6) is 0.0993. The molecule has 0 aliphatic heterocycles. The van der Waals surface area contributed by atoms with E-state index in [1.165, 1.54) is 0 Å². The van der Waals surface area contributed by atoms with Gasteiger partial charge in [0.15, 0.2) is 0 Å². The monoisotopic (exact) mass is 263 g/mol. The zero-order valence-electron chi connectivity index (χ0n) is 10.6. The fourth-order valence-corrected chi connectivity index (χ4v) is 2.88. The molecule has 1 atom stereocenters. The molecule has 1 unspecified atom stereocenters. The van der Waals surface area contributed by atoms with Crippen LogP contribution in [0.2, 0.25) is 0 Å². The third kappa shape index (κ3) is 2.71. The number of nitrogens with one attached hydrogen (secondary N) is 1. The van der Waals surface area contributed by atoms with Gasteiger partial charge in [0.25, 0.3) is 0 Å². The first kappa shape index (κ1) is 13.1. The minimum Gasteiger partial charge on any atom is -0.212 e. The normalized spacial score (nSPS) is 13.7. The average molecular weight is 263 g/mol. The molecular weight excluding hydrogens is 246 g/mol. The van der Waals surface area contributed by atoms with Crippen LogP contribution in [0.25, 0.3) is 10.8 Å². The van der Waals surface area contributed by atoms with Crippen LogP contribution in [0.3, 0.4) is 0 Å². The number of fused-ring (bicyclic) bond motifs is 1. The maximum atomic E-state index is 11.6. The number of rotatable bonds is 4. The van der Waals surface area contributed by atoms with E-state index in [0.717, 1.165) is 16.3 Å². The predicted octanol–water partition coefficient (Wildman–Crippen LogP) is 2.84. The quantitative estimate of drug-likeness (QED) is 0.922. The third-order valence-electron chi connectivity index (χ3n) is 3.03. The van der Waals surface area contributed by atoms with E-state index in [1.54, 1.807) is 6.92 Å². The first-order valence-electron chi connectivity index (χ1n) is 6.01. The summed E-state index contributed by atoms with van der Waals surface area (Å²) in [5, 5.41) is 2.21. The molecule has 0 aliphatic rings. The van der Waals surface area contributed by atoms with Gasteiger partial charge in [0.2, 0.25) is 10.0 Å². The smallest absolute Gasteiger partial charge is 0.211 e. The van der Waals surface area contributed by atoms with E-state index >= 15 is 0 Å². The fraction of sp³-hybridized carbons (Fsp3) is 0.286. The minimum absolute atomic E-state index is 0.0993. The fourth-order valence-electron chi connectivity index (χ4n) is 2.04. The highest BCUT2D eigenvalue weighted by molar-refractivity contribution is 7.89. The Bertz CT molecular complexity index is 644. The Morgan fingerprint density at radius 2 is 1.78 bits per heavy atom. The average Bonchev–Trinajstić information content (AvgIpc) is 2.37. The second-order valence-corrected chi connectivity index (χ2v) is 6.35. The van der Waals surface area contributed by atoms with E-state index in [2.05, 4.69) is 4.72 Å². The van der Waals surface area contributed by atoms with Crippen molar-refractivity contribution in [2.45, 2.75) is 19.9 Å². The molecule has 0 saturated heterocycles. The highest BCUT2D eigenvalue weighted by Gasteiger charge is 2.15. The van der Waals surface area contributed by atoms with Crippen LogP contribution in [-0.4, -0.2) is 14.2 Å². The molecule has 0 bridgehead atoms. The van der Waals surface area contributed by atoms with Crippen molar-refractivity contribution in [2.24, 2.45) is 0 Å². The molecule has 0 radical (unpaired) electrons. The summed E-state index contributed by atoms with van der Waals surface area (Å²) in [4.78, 5) is 0. The predicted molar refractivity (Wildman–Crippen MR) is 75.0 cm³/mol. The molecule has 3 nitrogen and oxygen atoms in total. The first-order chi connectivity index (χ1) is 8.53. The lowest BCUT2D eigenvalue weighted by atomic mass is 10.0. The SMILES string of the molecule is CCS(=O)(=O)NC(C)c1cccc2ccccc12. The molecule has 0 saturated carbocycles. The molecule has 4 heteroatoms. The summed E-state index contributed by atoms with van der Waals surface area (Å²) < 4.78 is 25.9. The molecule has 1 N–H and O–H groups in total. The van der Waals surface area contributed by atoms with E-state index in [-0.39, 0.29) is 11.8 Å². The summed E-state index contributed by atoms with van der Waals surface area (Å²) in [6.07, 6.45) is 0. The second-order valence-electron chi connectivity index (χ2n) is 4.31. The van der Waals surface area contributed by atoms with Crippen molar-refractivity contribution in [3.63, 3.8) is 0 Å². The van der Waals surface area contributed by atoms with Crippen molar-refractivity contribution in [1.29, 1.82) is 0 Å². The molecule has 18 heavy (non-hydrogen) atoms. The van der Waals surface area contributed by atoms with Crippen LogP contribution in [0.5, 0.6) is 0 Å². The van der Waals surface area contributed by atoms with Crippen molar-refractivity contribution < 1.29 is 8.42 Å². The van der Waals surface area contributed by atoms with Gasteiger partial charge in [0.05, 0.1) is 5.75 Å². The minimum atomic E-state index is -3.19. The molecule has 0 aromatic heterocycles. The number of hydrogen-bond donors (Lipinski definition) is 1. The maximum Gasteiger partial charge on any atom is 0.211 e. The van der Waals surface area contributed by atoms with Gasteiger partial charge in [-0.1, -0.05) is 42.5 Å². The van der Waals surface area contributed by atoms with Crippen LogP contribution >= 0.6 is 0 Å². The molecular formula is C14H17NO2S. The van der Waals surface area contributed by atoms with Crippen LogP contribution in [0.1, 0.15) is 25.5 Å². The highest BCUT2D eigenvalue weighted by atomic mass is 32.2. The second kappa shape index (κ2) is 5.08. The van der Waals surface area contributed by atoms with Crippen LogP contribution < -0.4 is 4.72 Å². The standard InChI is InChI=1S/C14H17NO2S/c1-3-18(16,17)15-11(2)13-10-6-8-12-7-4-5-9-14(12)13/h4-11,15H,3H2,1-2H3. The summed E-state index contributed by atoms with van der Waals surface area (Å²) in [7, 11) is -3.19. The summed E-state index contributed by atoms with van der Waals surface area (Å²) in [5.41, 5.74) is 1.00. The lowest BCUT2D eigenvalue weighted by Crippen LogP contribution is -2.28. The molecule has 96 valence electrons. The topological polar surface area (TPSA) is 46.2 Å². The molecule has 2 aromatic rings. The van der Waals surface area contributed by atoms with Gasteiger partial charge in [-0.25, -0.2) is 13.1 Å². The highest BCUT2D eigenvalue weighted by Crippen LogP contribution is 2.24. The van der Waals surface area contributed by atoms with Crippen LogP contribution in [0, 0.1) is 0 Å². The first-order valence-corrected chi connectivity index (χ1v) is 7.66. The maximum absolute atomic E-state index is 11.6. The van der Waals surface area contributed by atoms with Gasteiger partial charge >= 0.3 is 0 Å². The van der Waals surface area contributed by atoms with E-state index in [1.807, 2.05) is 49.4 Å². The van der Waals surface area contributed by atoms with Gasteiger partial charge in [-0.2, -0.15) is 0 Å². The van der Waals surface area contributed by atoms with Gasteiger partial charge in [0, 0.05) is 6.04 Å². The van der Waals surface area contributed by atoms with Crippen molar-refractivity contribution in [1.82, 2.24) is 4.72 Å². The molecule has 0 heterocycles. The van der Waals surface area contributed by atoms with Crippen molar-refractivity contribution in [3.8, 4) is 0 Å². The van der Waals surface area contributed by atoms with Gasteiger partial charge in [-0.05, 0) is 30.2 Å². The van der Waals surface area contributed by atoms with E-state index in [9.17, 15) is 8.42 Å². The Labute approximate surface area is 108 Å². The lowest BCUT2D eigenvalue weighted by molar-refractivity contribution is 0.569. The Balaban J connectivity index is 2.42. The lowest BCUT2D eigenvalue weighted by Gasteiger charge is -2.16. The molecule has 0 fully saturated rings. The van der Waals surface area contributed by atoms with Gasteiger partial charge in [0.1, 0.15) is 0 Å². The van der Waals surface area contributed by atoms with Gasteiger partial charge in [-0.3, -0.25) is 0 Å². The Kier molecular flexibility index (Phi) is 3.68. The Hall–Kier alpha value is -1.39. The number of hydrogen-bond acceptors (Lipinski definition) is 2. The van der Waals surface area contributed by atoms with E-state index in [4.69, 9.17) is 0 Å². The largest absolute Gasteiger partial charge is 0.212 e. The van der Waals surface area contributed by atoms with Crippen molar-refractivity contribution in [2.75, 3.05) is 5.75 Å². The zero-order chi connectivity index (χ0) is 13.2. The molecule has 2 aromatic carbocycles. The third-order valence-corrected chi connectivity index (χ3v) is 4.50. The summed E-state index contributed by atoms with van der Waals surface area (Å²) >= 11 is 0. The van der Waals surface area contributed by atoms with Crippen molar-refractivity contribution in [3.05, 3.63) is 48.0 Å². The zero-order valence-corrected chi connectivity index (χ0v) is 11.4. The Morgan fingerprint density at radius 1 is 1.11 bits per heavy atom. The van der Waals surface area contributed by atoms with Crippen LogP contribution in [0.4, 0.5) is 0 Å². The summed E-state index contributed by atoms with van der Waals surface area (Å²) in [6.45, 7) is 3.51. The summed E-state index contributed by atoms with van der Waals surface area (Å²) in [6, 6.07) is 13.7.